The summed E-state index contributed by atoms with van der Waals surface area (Å²) in [6, 6.07) is 18.6. The standard InChI is InChI=1S/C24H25ClF2N4O2.C17H23FN4O/c1-30-22(6-9-28-30)19-15-18(29-24(32)16-2-4-21(27)20(25)14-16)3-5-23(19)33-13-12-31-10-7-17(26)8-11-31;1-21-16(4-7-20-21)15-12-14(19)2-3-17(15)23-11-10-22-8-5-13(18)6-9-22/h2-6,9,14-15,17H,7-8,10-13H2,1H3,(H,29,32);2-4,7,12-13H,5-6,8-11,19H2,1H3. The van der Waals surface area contributed by atoms with Crippen LogP contribution in [0.4, 0.5) is 24.5 Å². The summed E-state index contributed by atoms with van der Waals surface area (Å²) in [4.78, 5) is 17.1. The molecule has 0 radical (unpaired) electrons. The van der Waals surface area contributed by atoms with Gasteiger partial charge in [0.2, 0.25) is 0 Å². The number of anilines is 2. The molecule has 0 bridgehead atoms. The molecule has 3 aromatic carbocycles. The van der Waals surface area contributed by atoms with E-state index in [-0.39, 0.29) is 10.6 Å². The Morgan fingerprint density at radius 3 is 1.79 bits per heavy atom. The van der Waals surface area contributed by atoms with Crippen LogP contribution in [0, 0.1) is 5.82 Å². The van der Waals surface area contributed by atoms with Crippen molar-refractivity contribution in [3.8, 4) is 34.0 Å². The number of alkyl halides is 2. The number of nitrogens with one attached hydrogen (secondary N) is 1. The maximum Gasteiger partial charge on any atom is 0.255 e. The number of carbonyl (C=O) groups is 1. The fourth-order valence-electron chi connectivity index (χ4n) is 6.74. The van der Waals surface area contributed by atoms with Crippen molar-refractivity contribution in [2.75, 3.05) is 63.5 Å². The minimum absolute atomic E-state index is 0.113. The molecule has 3 N–H and O–H groups in total. The van der Waals surface area contributed by atoms with Gasteiger partial charge in [-0.25, -0.2) is 13.2 Å². The first kappa shape index (κ1) is 40.6. The number of piperidine rings is 2. The van der Waals surface area contributed by atoms with E-state index in [1.165, 1.54) is 12.1 Å². The van der Waals surface area contributed by atoms with Crippen LogP contribution in [0.15, 0.2) is 79.1 Å². The zero-order valence-corrected chi connectivity index (χ0v) is 32.4. The number of carbonyl (C=O) groups excluding carboxylic acids is 1. The van der Waals surface area contributed by atoms with Crippen LogP contribution in [-0.4, -0.2) is 100 Å². The summed E-state index contributed by atoms with van der Waals surface area (Å²) in [6.45, 7) is 5.63. The van der Waals surface area contributed by atoms with E-state index >= 15 is 0 Å². The Bertz CT molecular complexity index is 2060. The summed E-state index contributed by atoms with van der Waals surface area (Å²) >= 11 is 5.80. The van der Waals surface area contributed by atoms with Crippen molar-refractivity contribution in [2.45, 2.75) is 38.0 Å². The number of halogens is 4. The fraction of sp³-hybridized carbons (Fsp3) is 0.390. The number of aromatic nitrogens is 4. The predicted molar refractivity (Wildman–Crippen MR) is 213 cm³/mol. The summed E-state index contributed by atoms with van der Waals surface area (Å²) in [6.07, 6.45) is 4.48. The maximum atomic E-state index is 13.4. The second-order valence-electron chi connectivity index (χ2n) is 14.0. The first-order valence-electron chi connectivity index (χ1n) is 18.8. The third-order valence-corrected chi connectivity index (χ3v) is 10.3. The minimum atomic E-state index is -0.702. The van der Waals surface area contributed by atoms with Gasteiger partial charge in [-0.3, -0.25) is 24.0 Å². The summed E-state index contributed by atoms with van der Waals surface area (Å²) < 4.78 is 55.5. The molecule has 56 heavy (non-hydrogen) atoms. The van der Waals surface area contributed by atoms with Gasteiger partial charge in [-0.15, -0.1) is 0 Å². The number of ether oxygens (including phenoxy) is 2. The van der Waals surface area contributed by atoms with Crippen molar-refractivity contribution < 1.29 is 27.4 Å². The summed E-state index contributed by atoms with van der Waals surface area (Å²) in [5, 5.41) is 11.1. The van der Waals surface area contributed by atoms with E-state index in [9.17, 15) is 18.0 Å². The Morgan fingerprint density at radius 1 is 0.768 bits per heavy atom. The third kappa shape index (κ3) is 10.8. The molecule has 1 amide bonds. The van der Waals surface area contributed by atoms with E-state index in [4.69, 9.17) is 26.8 Å². The normalized spacial score (nSPS) is 15.6. The van der Waals surface area contributed by atoms with Crippen LogP contribution in [0.2, 0.25) is 5.02 Å². The number of amides is 1. The van der Waals surface area contributed by atoms with E-state index < -0.39 is 24.1 Å². The van der Waals surface area contributed by atoms with E-state index in [2.05, 4.69) is 25.3 Å². The molecule has 0 unspecified atom stereocenters. The van der Waals surface area contributed by atoms with Gasteiger partial charge < -0.3 is 20.5 Å². The molecule has 11 nitrogen and oxygen atoms in total. The molecule has 0 saturated carbocycles. The lowest BCUT2D eigenvalue weighted by Crippen LogP contribution is -2.37. The Kier molecular flexibility index (Phi) is 13.9. The highest BCUT2D eigenvalue weighted by atomic mass is 35.5. The molecular formula is C41H48ClF3N8O3. The average Bonchev–Trinajstić information content (AvgIpc) is 3.83. The molecule has 298 valence electrons. The molecular weight excluding hydrogens is 745 g/mol. The van der Waals surface area contributed by atoms with Gasteiger partial charge in [-0.1, -0.05) is 11.6 Å². The number of benzene rings is 3. The van der Waals surface area contributed by atoms with E-state index in [1.807, 2.05) is 50.5 Å². The quantitative estimate of drug-likeness (QED) is 0.126. The van der Waals surface area contributed by atoms with Gasteiger partial charge in [-0.2, -0.15) is 10.2 Å². The van der Waals surface area contributed by atoms with Crippen LogP contribution in [0.3, 0.4) is 0 Å². The Morgan fingerprint density at radius 2 is 1.29 bits per heavy atom. The highest BCUT2D eigenvalue weighted by Gasteiger charge is 2.20. The Hall–Kier alpha value is -5.05. The molecule has 2 saturated heterocycles. The van der Waals surface area contributed by atoms with Gasteiger partial charge in [0, 0.05) is 93.8 Å². The van der Waals surface area contributed by atoms with E-state index in [1.54, 1.807) is 33.9 Å². The first-order chi connectivity index (χ1) is 27.0. The summed E-state index contributed by atoms with van der Waals surface area (Å²) in [5.41, 5.74) is 10.9. The number of nitrogen functional groups attached to an aromatic ring is 1. The lowest BCUT2D eigenvalue weighted by molar-refractivity contribution is 0.102. The second kappa shape index (κ2) is 19.2. The van der Waals surface area contributed by atoms with Crippen LogP contribution in [0.25, 0.3) is 22.5 Å². The zero-order valence-electron chi connectivity index (χ0n) is 31.6. The van der Waals surface area contributed by atoms with Crippen LogP contribution in [0.1, 0.15) is 36.0 Å². The zero-order chi connectivity index (χ0) is 39.6. The van der Waals surface area contributed by atoms with Gasteiger partial charge in [-0.05, 0) is 92.4 Å². The van der Waals surface area contributed by atoms with Crippen LogP contribution < -0.4 is 20.5 Å². The van der Waals surface area contributed by atoms with Gasteiger partial charge in [0.25, 0.3) is 5.91 Å². The number of hydrogen-bond acceptors (Lipinski definition) is 8. The number of nitrogens with two attached hydrogens (primary N) is 1. The van der Waals surface area contributed by atoms with Crippen molar-refractivity contribution in [1.29, 1.82) is 0 Å². The molecule has 0 spiro atoms. The van der Waals surface area contributed by atoms with E-state index in [0.717, 1.165) is 67.1 Å². The molecule has 7 rings (SSSR count). The lowest BCUT2D eigenvalue weighted by atomic mass is 10.1. The van der Waals surface area contributed by atoms with Crippen molar-refractivity contribution in [3.63, 3.8) is 0 Å². The molecule has 2 aliphatic rings. The predicted octanol–water partition coefficient (Wildman–Crippen LogP) is 7.43. The SMILES string of the molecule is Cn1nccc1-c1cc(N)ccc1OCCN1CCC(F)CC1.Cn1nccc1-c1cc(NC(=O)c2ccc(F)c(Cl)c2)ccc1OCCN1CCC(F)CC1. The topological polar surface area (TPSA) is 116 Å². The van der Waals surface area contributed by atoms with Crippen molar-refractivity contribution >= 4 is 28.9 Å². The van der Waals surface area contributed by atoms with Crippen molar-refractivity contribution in [1.82, 2.24) is 29.4 Å². The molecule has 0 atom stereocenters. The minimum Gasteiger partial charge on any atom is -0.492 e. The number of rotatable bonds is 12. The van der Waals surface area contributed by atoms with E-state index in [0.29, 0.717) is 62.6 Å². The average molecular weight is 793 g/mol. The Labute approximate surface area is 330 Å². The molecule has 2 fully saturated rings. The summed E-state index contributed by atoms with van der Waals surface area (Å²) in [7, 11) is 3.72. The smallest absolute Gasteiger partial charge is 0.255 e. The largest absolute Gasteiger partial charge is 0.492 e. The van der Waals surface area contributed by atoms with Gasteiger partial charge in [0.15, 0.2) is 0 Å². The molecule has 2 aliphatic heterocycles. The van der Waals surface area contributed by atoms with Crippen molar-refractivity contribution in [3.05, 3.63) is 95.5 Å². The monoisotopic (exact) mass is 792 g/mol. The molecule has 4 heterocycles. The third-order valence-electron chi connectivity index (χ3n) is 9.98. The highest BCUT2D eigenvalue weighted by molar-refractivity contribution is 6.31. The summed E-state index contributed by atoms with van der Waals surface area (Å²) in [5.74, 6) is 0.463. The lowest BCUT2D eigenvalue weighted by Gasteiger charge is -2.28. The molecule has 5 aromatic rings. The number of hydrogen-bond donors (Lipinski definition) is 2. The maximum absolute atomic E-state index is 13.4. The first-order valence-corrected chi connectivity index (χ1v) is 19.2. The number of aryl methyl sites for hydroxylation is 2. The highest BCUT2D eigenvalue weighted by Crippen LogP contribution is 2.34. The fourth-order valence-corrected chi connectivity index (χ4v) is 6.92. The molecule has 2 aromatic heterocycles. The number of likely N-dealkylation sites (tertiary alicyclic amines) is 2. The number of nitrogens with zero attached hydrogens (tertiary/aromatic N) is 6. The van der Waals surface area contributed by atoms with Gasteiger partial charge in [0.1, 0.15) is 42.9 Å². The van der Waals surface area contributed by atoms with Crippen LogP contribution >= 0.6 is 11.6 Å². The van der Waals surface area contributed by atoms with Gasteiger partial charge in [0.05, 0.1) is 16.4 Å². The second-order valence-corrected chi connectivity index (χ2v) is 14.4. The Balaban J connectivity index is 0.000000202. The molecule has 0 aliphatic carbocycles. The van der Waals surface area contributed by atoms with Gasteiger partial charge >= 0.3 is 0 Å². The van der Waals surface area contributed by atoms with Crippen LogP contribution in [-0.2, 0) is 14.1 Å². The van der Waals surface area contributed by atoms with Crippen molar-refractivity contribution in [2.24, 2.45) is 14.1 Å². The van der Waals surface area contributed by atoms with Crippen LogP contribution in [0.5, 0.6) is 11.5 Å². The molecule has 15 heteroatoms.